The molecule has 0 saturated heterocycles. The van der Waals surface area contributed by atoms with E-state index in [1.807, 2.05) is 0 Å². The van der Waals surface area contributed by atoms with E-state index in [1.165, 1.54) is 0 Å². The quantitative estimate of drug-likeness (QED) is 0.584. The van der Waals surface area contributed by atoms with Crippen molar-refractivity contribution in [1.82, 2.24) is 5.39 Å². The monoisotopic (exact) mass is 227 g/mol. The number of carbonyl (C=O) groups is 1. The minimum Gasteiger partial charge on any atom is -0.462 e. The van der Waals surface area contributed by atoms with Crippen LogP contribution >= 0.6 is 0 Å². The molecule has 0 fully saturated rings. The van der Waals surface area contributed by atoms with Crippen LogP contribution in [0, 0.1) is 0 Å². The molecule has 0 aliphatic rings. The Balaban J connectivity index is 2.57. The molecule has 6 nitrogen and oxygen atoms in total. The molecule has 0 spiro atoms. The maximum absolute atomic E-state index is 11.3. The lowest BCUT2D eigenvalue weighted by molar-refractivity contribution is -0.497. The van der Waals surface area contributed by atoms with Gasteiger partial charge in [0.2, 0.25) is 0 Å². The summed E-state index contributed by atoms with van der Waals surface area (Å²) in [7, 11) is 0. The lowest BCUT2D eigenvalue weighted by Gasteiger charge is -2.06. The molecule has 1 aromatic carbocycles. The Labute approximate surface area is 92.5 Å². The van der Waals surface area contributed by atoms with E-state index in [-0.39, 0.29) is 18.0 Å². The summed E-state index contributed by atoms with van der Waals surface area (Å²) in [6, 6.07) is 6.43. The SMILES string of the molecule is CCOC(=O)c1ccc(CON(O)O)cc1. The van der Waals surface area contributed by atoms with Gasteiger partial charge < -0.3 is 4.74 Å². The molecule has 0 saturated carbocycles. The fraction of sp³-hybridized carbons (Fsp3) is 0.300. The van der Waals surface area contributed by atoms with Gasteiger partial charge in [0.05, 0.1) is 24.2 Å². The van der Waals surface area contributed by atoms with Gasteiger partial charge in [-0.15, -0.1) is 0 Å². The average molecular weight is 227 g/mol. The summed E-state index contributed by atoms with van der Waals surface area (Å²) in [6.07, 6.45) is 0. The van der Waals surface area contributed by atoms with Crippen LogP contribution in [-0.4, -0.2) is 28.4 Å². The molecule has 6 heteroatoms. The summed E-state index contributed by atoms with van der Waals surface area (Å²) in [6.45, 7) is 2.06. The molecule has 0 aromatic heterocycles. The first-order valence-electron chi connectivity index (χ1n) is 4.70. The van der Waals surface area contributed by atoms with Crippen LogP contribution in [-0.2, 0) is 16.2 Å². The fourth-order valence-electron chi connectivity index (χ4n) is 1.08. The van der Waals surface area contributed by atoms with Crippen LogP contribution < -0.4 is 0 Å². The van der Waals surface area contributed by atoms with Crippen molar-refractivity contribution in [2.24, 2.45) is 0 Å². The normalized spacial score (nSPS) is 10.5. The Morgan fingerprint density at radius 1 is 1.31 bits per heavy atom. The van der Waals surface area contributed by atoms with Gasteiger partial charge in [0.25, 0.3) is 0 Å². The van der Waals surface area contributed by atoms with Crippen LogP contribution in [0.15, 0.2) is 24.3 Å². The van der Waals surface area contributed by atoms with E-state index in [2.05, 4.69) is 4.84 Å². The minimum absolute atomic E-state index is 0.00386. The maximum atomic E-state index is 11.3. The maximum Gasteiger partial charge on any atom is 0.338 e. The highest BCUT2D eigenvalue weighted by molar-refractivity contribution is 5.89. The molecule has 2 N–H and O–H groups in total. The van der Waals surface area contributed by atoms with Gasteiger partial charge in [0.1, 0.15) is 0 Å². The van der Waals surface area contributed by atoms with E-state index in [0.717, 1.165) is 0 Å². The van der Waals surface area contributed by atoms with Gasteiger partial charge in [0.15, 0.2) is 0 Å². The van der Waals surface area contributed by atoms with Crippen molar-refractivity contribution in [3.05, 3.63) is 35.4 Å². The lowest BCUT2D eigenvalue weighted by atomic mass is 10.1. The number of hydrogen-bond donors (Lipinski definition) is 2. The van der Waals surface area contributed by atoms with Crippen molar-refractivity contribution in [3.63, 3.8) is 0 Å². The number of esters is 1. The van der Waals surface area contributed by atoms with E-state index < -0.39 is 0 Å². The first kappa shape index (κ1) is 12.6. The number of nitrogens with zero attached hydrogens (tertiary/aromatic N) is 1. The first-order chi connectivity index (χ1) is 7.63. The third-order valence-corrected chi connectivity index (χ3v) is 1.81. The Hall–Kier alpha value is -1.47. The van der Waals surface area contributed by atoms with Gasteiger partial charge in [-0.25, -0.2) is 9.63 Å². The molecule has 0 atom stereocenters. The first-order valence-corrected chi connectivity index (χ1v) is 4.70. The van der Waals surface area contributed by atoms with E-state index in [9.17, 15) is 4.79 Å². The molecular weight excluding hydrogens is 214 g/mol. The van der Waals surface area contributed by atoms with E-state index in [4.69, 9.17) is 15.2 Å². The summed E-state index contributed by atoms with van der Waals surface area (Å²) in [5.41, 5.74) is 1.14. The van der Waals surface area contributed by atoms with Gasteiger partial charge in [-0.3, -0.25) is 10.4 Å². The Morgan fingerprint density at radius 2 is 1.94 bits per heavy atom. The fourth-order valence-corrected chi connectivity index (χ4v) is 1.08. The van der Waals surface area contributed by atoms with Crippen LogP contribution in [0.5, 0.6) is 0 Å². The standard InChI is InChI=1S/C10H13NO5/c1-2-15-10(12)9-5-3-8(4-6-9)7-16-11(13)14/h3-6,13-14H,2,7H2,1H3. The Morgan fingerprint density at radius 3 is 2.44 bits per heavy atom. The number of benzene rings is 1. The Kier molecular flexibility index (Phi) is 4.87. The molecule has 0 bridgehead atoms. The zero-order chi connectivity index (χ0) is 12.0. The summed E-state index contributed by atoms with van der Waals surface area (Å²) < 4.78 is 4.81. The molecule has 16 heavy (non-hydrogen) atoms. The topological polar surface area (TPSA) is 79.2 Å². The van der Waals surface area contributed by atoms with Crippen LogP contribution in [0.3, 0.4) is 0 Å². The van der Waals surface area contributed by atoms with Crippen molar-refractivity contribution in [1.29, 1.82) is 0 Å². The van der Waals surface area contributed by atoms with E-state index >= 15 is 0 Å². The third-order valence-electron chi connectivity index (χ3n) is 1.81. The number of carbonyl (C=O) groups excluding carboxylic acids is 1. The third kappa shape index (κ3) is 3.95. The number of hydrogen-bond acceptors (Lipinski definition) is 6. The van der Waals surface area contributed by atoms with Crippen LogP contribution in [0.4, 0.5) is 0 Å². The average Bonchev–Trinajstić information content (AvgIpc) is 2.27. The van der Waals surface area contributed by atoms with Crippen LogP contribution in [0.1, 0.15) is 22.8 Å². The van der Waals surface area contributed by atoms with Crippen molar-refractivity contribution in [3.8, 4) is 0 Å². The molecule has 0 unspecified atom stereocenters. The summed E-state index contributed by atoms with van der Waals surface area (Å²) in [5, 5.41) is 16.3. The molecule has 0 amide bonds. The zero-order valence-corrected chi connectivity index (χ0v) is 8.79. The van der Waals surface area contributed by atoms with Crippen molar-refractivity contribution in [2.45, 2.75) is 13.5 Å². The summed E-state index contributed by atoms with van der Waals surface area (Å²) in [4.78, 5) is 15.7. The van der Waals surface area contributed by atoms with Crippen molar-refractivity contribution < 1.29 is 24.8 Å². The highest BCUT2D eigenvalue weighted by Gasteiger charge is 2.05. The molecule has 0 radical (unpaired) electrons. The zero-order valence-electron chi connectivity index (χ0n) is 8.79. The molecule has 0 aliphatic heterocycles. The van der Waals surface area contributed by atoms with Crippen molar-refractivity contribution >= 4 is 5.97 Å². The van der Waals surface area contributed by atoms with Crippen LogP contribution in [0.25, 0.3) is 0 Å². The highest BCUT2D eigenvalue weighted by Crippen LogP contribution is 2.07. The minimum atomic E-state index is -0.388. The van der Waals surface area contributed by atoms with Gasteiger partial charge in [-0.1, -0.05) is 12.1 Å². The highest BCUT2D eigenvalue weighted by atomic mass is 17.1. The predicted molar refractivity (Wildman–Crippen MR) is 52.6 cm³/mol. The Bertz CT molecular complexity index is 336. The second kappa shape index (κ2) is 6.19. The number of rotatable bonds is 5. The molecule has 0 heterocycles. The predicted octanol–water partition coefficient (Wildman–Crippen LogP) is 1.38. The van der Waals surface area contributed by atoms with E-state index in [1.54, 1.807) is 31.2 Å². The molecule has 1 aromatic rings. The van der Waals surface area contributed by atoms with Crippen molar-refractivity contribution in [2.75, 3.05) is 6.61 Å². The van der Waals surface area contributed by atoms with Gasteiger partial charge in [-0.2, -0.15) is 0 Å². The molecule has 88 valence electrons. The molecular formula is C10H13NO5. The van der Waals surface area contributed by atoms with Gasteiger partial charge in [0, 0.05) is 0 Å². The second-order valence-electron chi connectivity index (χ2n) is 2.94. The molecule has 1 rings (SSSR count). The number of ether oxygens (including phenoxy) is 1. The van der Waals surface area contributed by atoms with Gasteiger partial charge in [-0.05, 0) is 24.6 Å². The van der Waals surface area contributed by atoms with E-state index in [0.29, 0.717) is 17.7 Å². The lowest BCUT2D eigenvalue weighted by Crippen LogP contribution is -2.13. The second-order valence-corrected chi connectivity index (χ2v) is 2.94. The summed E-state index contributed by atoms with van der Waals surface area (Å²) in [5.74, 6) is -0.388. The smallest absolute Gasteiger partial charge is 0.338 e. The van der Waals surface area contributed by atoms with Gasteiger partial charge >= 0.3 is 5.97 Å². The largest absolute Gasteiger partial charge is 0.462 e. The molecule has 0 aliphatic carbocycles. The van der Waals surface area contributed by atoms with Crippen LogP contribution in [0.2, 0.25) is 0 Å². The summed E-state index contributed by atoms with van der Waals surface area (Å²) >= 11 is 0.